The lowest BCUT2D eigenvalue weighted by atomic mass is 10.1. The van der Waals surface area contributed by atoms with Gasteiger partial charge < -0.3 is 5.32 Å². The van der Waals surface area contributed by atoms with Gasteiger partial charge in [0.05, 0.1) is 5.69 Å². The molecule has 0 aliphatic rings. The Labute approximate surface area is 114 Å². The molecule has 0 aliphatic heterocycles. The van der Waals surface area contributed by atoms with E-state index in [4.69, 9.17) is 0 Å². The predicted molar refractivity (Wildman–Crippen MR) is 71.4 cm³/mol. The summed E-state index contributed by atoms with van der Waals surface area (Å²) in [6.45, 7) is 2.51. The number of nitrogens with one attached hydrogen (secondary N) is 1. The summed E-state index contributed by atoms with van der Waals surface area (Å²) in [7, 11) is 0. The van der Waals surface area contributed by atoms with Gasteiger partial charge >= 0.3 is 0 Å². The molecule has 1 N–H and O–H groups in total. The molecule has 1 heterocycles. The van der Waals surface area contributed by atoms with Gasteiger partial charge in [0.2, 0.25) is 0 Å². The molecular formula is C13H13BrFN3. The molecule has 1 aromatic heterocycles. The van der Waals surface area contributed by atoms with E-state index in [1.165, 1.54) is 12.4 Å². The smallest absolute Gasteiger partial charge is 0.129 e. The van der Waals surface area contributed by atoms with Crippen molar-refractivity contribution < 1.29 is 4.39 Å². The van der Waals surface area contributed by atoms with E-state index >= 15 is 0 Å². The Morgan fingerprint density at radius 3 is 2.89 bits per heavy atom. The van der Waals surface area contributed by atoms with Gasteiger partial charge in [-0.15, -0.1) is 0 Å². The van der Waals surface area contributed by atoms with Crippen molar-refractivity contribution in [2.24, 2.45) is 0 Å². The van der Waals surface area contributed by atoms with Crippen molar-refractivity contribution in [3.05, 3.63) is 58.3 Å². The van der Waals surface area contributed by atoms with Crippen LogP contribution in [0, 0.1) is 5.82 Å². The van der Waals surface area contributed by atoms with Crippen molar-refractivity contribution in [3.63, 3.8) is 0 Å². The summed E-state index contributed by atoms with van der Waals surface area (Å²) in [6, 6.07) is 6.84. The van der Waals surface area contributed by atoms with Crippen LogP contribution >= 0.6 is 15.9 Å². The molecule has 0 bridgehead atoms. The average Bonchev–Trinajstić information content (AvgIpc) is 2.37. The van der Waals surface area contributed by atoms with E-state index in [-0.39, 0.29) is 11.9 Å². The van der Waals surface area contributed by atoms with E-state index in [1.54, 1.807) is 12.3 Å². The summed E-state index contributed by atoms with van der Waals surface area (Å²) in [5, 5.41) is 3.23. The number of hydrogen-bond acceptors (Lipinski definition) is 3. The van der Waals surface area contributed by atoms with Crippen LogP contribution in [0.4, 0.5) is 4.39 Å². The number of aromatic nitrogens is 2. The van der Waals surface area contributed by atoms with Crippen molar-refractivity contribution >= 4 is 15.9 Å². The first-order valence-electron chi connectivity index (χ1n) is 5.60. The maximum atomic E-state index is 13.7. The Hall–Kier alpha value is -1.33. The molecular weight excluding hydrogens is 297 g/mol. The highest BCUT2D eigenvalue weighted by molar-refractivity contribution is 9.10. The highest BCUT2D eigenvalue weighted by Crippen LogP contribution is 2.20. The fourth-order valence-electron chi connectivity index (χ4n) is 1.64. The first kappa shape index (κ1) is 13.1. The summed E-state index contributed by atoms with van der Waals surface area (Å²) in [5.41, 5.74) is 1.53. The van der Waals surface area contributed by atoms with E-state index in [1.807, 2.05) is 19.1 Å². The second-order valence-electron chi connectivity index (χ2n) is 3.97. The first-order chi connectivity index (χ1) is 8.66. The summed E-state index contributed by atoms with van der Waals surface area (Å²) < 4.78 is 14.5. The minimum Gasteiger partial charge on any atom is -0.304 e. The van der Waals surface area contributed by atoms with Gasteiger partial charge in [-0.2, -0.15) is 0 Å². The van der Waals surface area contributed by atoms with Gasteiger partial charge in [0.25, 0.3) is 0 Å². The predicted octanol–water partition coefficient (Wildman–Crippen LogP) is 3.23. The summed E-state index contributed by atoms with van der Waals surface area (Å²) in [4.78, 5) is 7.96. The van der Waals surface area contributed by atoms with E-state index in [0.29, 0.717) is 12.1 Å². The van der Waals surface area contributed by atoms with Gasteiger partial charge in [0.1, 0.15) is 12.1 Å². The highest BCUT2D eigenvalue weighted by Gasteiger charge is 2.10. The fraction of sp³-hybridized carbons (Fsp3) is 0.231. The SMILES string of the molecule is CC(NCc1ccncn1)c1ccc(Br)cc1F. The van der Waals surface area contributed by atoms with Crippen molar-refractivity contribution in [2.45, 2.75) is 19.5 Å². The van der Waals surface area contributed by atoms with Gasteiger partial charge in [0, 0.05) is 28.8 Å². The lowest BCUT2D eigenvalue weighted by Gasteiger charge is -2.14. The lowest BCUT2D eigenvalue weighted by Crippen LogP contribution is -2.19. The number of benzene rings is 1. The van der Waals surface area contributed by atoms with Crippen molar-refractivity contribution in [1.82, 2.24) is 15.3 Å². The molecule has 2 aromatic rings. The van der Waals surface area contributed by atoms with Gasteiger partial charge in [-0.05, 0) is 25.1 Å². The van der Waals surface area contributed by atoms with Crippen LogP contribution in [0.25, 0.3) is 0 Å². The third kappa shape index (κ3) is 3.34. The minimum atomic E-state index is -0.216. The van der Waals surface area contributed by atoms with Crippen LogP contribution in [0.2, 0.25) is 0 Å². The number of hydrogen-bond donors (Lipinski definition) is 1. The zero-order valence-electron chi connectivity index (χ0n) is 9.90. The second kappa shape index (κ2) is 6.02. The molecule has 1 unspecified atom stereocenters. The lowest BCUT2D eigenvalue weighted by molar-refractivity contribution is 0.524. The van der Waals surface area contributed by atoms with Crippen LogP contribution in [0.1, 0.15) is 24.2 Å². The third-order valence-electron chi connectivity index (χ3n) is 2.66. The fourth-order valence-corrected chi connectivity index (χ4v) is 1.98. The van der Waals surface area contributed by atoms with Crippen molar-refractivity contribution in [1.29, 1.82) is 0 Å². The average molecular weight is 310 g/mol. The zero-order valence-corrected chi connectivity index (χ0v) is 11.5. The summed E-state index contributed by atoms with van der Waals surface area (Å²) in [5.74, 6) is -0.216. The minimum absolute atomic E-state index is 0.0759. The molecule has 3 nitrogen and oxygen atoms in total. The molecule has 0 aliphatic carbocycles. The van der Waals surface area contributed by atoms with E-state index in [2.05, 4.69) is 31.2 Å². The van der Waals surface area contributed by atoms with Gasteiger partial charge in [-0.25, -0.2) is 14.4 Å². The van der Waals surface area contributed by atoms with Crippen LogP contribution in [-0.4, -0.2) is 9.97 Å². The molecule has 0 saturated heterocycles. The second-order valence-corrected chi connectivity index (χ2v) is 4.88. The molecule has 94 valence electrons. The van der Waals surface area contributed by atoms with Crippen LogP contribution in [0.15, 0.2) is 41.3 Å². The monoisotopic (exact) mass is 309 g/mol. The molecule has 0 fully saturated rings. The van der Waals surface area contributed by atoms with Gasteiger partial charge in [-0.1, -0.05) is 22.0 Å². The molecule has 18 heavy (non-hydrogen) atoms. The molecule has 1 atom stereocenters. The Kier molecular flexibility index (Phi) is 4.38. The molecule has 0 saturated carbocycles. The molecule has 0 spiro atoms. The van der Waals surface area contributed by atoms with Crippen LogP contribution in [0.5, 0.6) is 0 Å². The molecule has 5 heteroatoms. The quantitative estimate of drug-likeness (QED) is 0.942. The standard InChI is InChI=1S/C13H13BrFN3/c1-9(12-3-2-10(14)6-13(12)15)17-7-11-4-5-16-8-18-11/h2-6,8-9,17H,7H2,1H3. The first-order valence-corrected chi connectivity index (χ1v) is 6.39. The maximum Gasteiger partial charge on any atom is 0.129 e. The third-order valence-corrected chi connectivity index (χ3v) is 3.15. The summed E-state index contributed by atoms with van der Waals surface area (Å²) >= 11 is 3.24. The maximum absolute atomic E-state index is 13.7. The molecule has 0 radical (unpaired) electrons. The normalized spacial score (nSPS) is 12.4. The molecule has 0 amide bonds. The number of rotatable bonds is 4. The number of halogens is 2. The van der Waals surface area contributed by atoms with Crippen molar-refractivity contribution in [3.8, 4) is 0 Å². The van der Waals surface area contributed by atoms with Crippen LogP contribution in [-0.2, 0) is 6.54 Å². The zero-order chi connectivity index (χ0) is 13.0. The van der Waals surface area contributed by atoms with Crippen molar-refractivity contribution in [2.75, 3.05) is 0 Å². The van der Waals surface area contributed by atoms with Crippen LogP contribution in [0.3, 0.4) is 0 Å². The number of nitrogens with zero attached hydrogens (tertiary/aromatic N) is 2. The Bertz CT molecular complexity index is 519. The molecule has 2 rings (SSSR count). The van der Waals surface area contributed by atoms with E-state index in [9.17, 15) is 4.39 Å². The van der Waals surface area contributed by atoms with Gasteiger partial charge in [0.15, 0.2) is 0 Å². The van der Waals surface area contributed by atoms with Crippen LogP contribution < -0.4 is 5.32 Å². The topological polar surface area (TPSA) is 37.8 Å². The van der Waals surface area contributed by atoms with Gasteiger partial charge in [-0.3, -0.25) is 0 Å². The van der Waals surface area contributed by atoms with E-state index in [0.717, 1.165) is 10.2 Å². The molecule has 1 aromatic carbocycles. The highest BCUT2D eigenvalue weighted by atomic mass is 79.9. The Morgan fingerprint density at radius 1 is 1.39 bits per heavy atom. The summed E-state index contributed by atoms with van der Waals surface area (Å²) in [6.07, 6.45) is 3.19. The van der Waals surface area contributed by atoms with E-state index < -0.39 is 0 Å². The Balaban J connectivity index is 2.01. The largest absolute Gasteiger partial charge is 0.304 e. The Morgan fingerprint density at radius 2 is 2.22 bits per heavy atom.